The molecular weight excluding hydrogens is 289 g/mol. The van der Waals surface area contributed by atoms with Gasteiger partial charge in [-0.05, 0) is 42.8 Å². The largest absolute Gasteiger partial charge is 0.416 e. The van der Waals surface area contributed by atoms with Crippen molar-refractivity contribution in [1.29, 1.82) is 0 Å². The Hall–Kier alpha value is -2.11. The minimum absolute atomic E-state index is 0.248. The molecule has 0 spiro atoms. The highest BCUT2D eigenvalue weighted by Crippen LogP contribution is 2.32. The molecule has 2 rings (SSSR count). The van der Waals surface area contributed by atoms with Crippen LogP contribution >= 0.6 is 0 Å². The van der Waals surface area contributed by atoms with Crippen molar-refractivity contribution in [3.05, 3.63) is 65.2 Å². The van der Waals surface area contributed by atoms with Crippen LogP contribution in [0.4, 0.5) is 27.6 Å². The summed E-state index contributed by atoms with van der Waals surface area (Å²) in [7, 11) is 0. The average molecular weight is 301 g/mol. The van der Waals surface area contributed by atoms with E-state index in [1.54, 1.807) is 6.92 Å². The Morgan fingerprint density at radius 3 is 2.14 bits per heavy atom. The van der Waals surface area contributed by atoms with E-state index < -0.39 is 29.4 Å². The van der Waals surface area contributed by atoms with Gasteiger partial charge in [0, 0.05) is 6.04 Å². The lowest BCUT2D eigenvalue weighted by atomic mass is 10.1. The van der Waals surface area contributed by atoms with Gasteiger partial charge in [0.25, 0.3) is 0 Å². The van der Waals surface area contributed by atoms with Crippen molar-refractivity contribution in [1.82, 2.24) is 0 Å². The lowest BCUT2D eigenvalue weighted by Crippen LogP contribution is -2.11. The number of anilines is 1. The van der Waals surface area contributed by atoms with Gasteiger partial charge in [0.15, 0.2) is 0 Å². The van der Waals surface area contributed by atoms with Gasteiger partial charge in [0.05, 0.1) is 11.3 Å². The second-order valence-corrected chi connectivity index (χ2v) is 4.61. The van der Waals surface area contributed by atoms with Gasteiger partial charge in [-0.1, -0.05) is 12.1 Å². The standard InChI is InChI=1S/C15H12F5N/c1-9(10-2-5-12(16)6-3-10)21-14-8-11(15(18,19)20)4-7-13(14)17/h2-9,21H,1H3. The highest BCUT2D eigenvalue weighted by atomic mass is 19.4. The second kappa shape index (κ2) is 5.71. The Kier molecular flexibility index (Phi) is 4.16. The first-order valence-electron chi connectivity index (χ1n) is 6.16. The Morgan fingerprint density at radius 2 is 1.57 bits per heavy atom. The molecule has 112 valence electrons. The fourth-order valence-corrected chi connectivity index (χ4v) is 1.88. The van der Waals surface area contributed by atoms with Gasteiger partial charge in [-0.3, -0.25) is 0 Å². The molecule has 0 heterocycles. The minimum atomic E-state index is -4.54. The third-order valence-electron chi connectivity index (χ3n) is 3.04. The van der Waals surface area contributed by atoms with Crippen LogP contribution in [-0.4, -0.2) is 0 Å². The maximum absolute atomic E-state index is 13.6. The molecule has 21 heavy (non-hydrogen) atoms. The van der Waals surface area contributed by atoms with Crippen LogP contribution < -0.4 is 5.32 Å². The van der Waals surface area contributed by atoms with Crippen molar-refractivity contribution in [2.75, 3.05) is 5.32 Å². The van der Waals surface area contributed by atoms with E-state index in [1.165, 1.54) is 24.3 Å². The zero-order valence-corrected chi connectivity index (χ0v) is 11.0. The van der Waals surface area contributed by atoms with E-state index in [2.05, 4.69) is 5.32 Å². The third kappa shape index (κ3) is 3.71. The van der Waals surface area contributed by atoms with Gasteiger partial charge in [-0.2, -0.15) is 13.2 Å². The summed E-state index contributed by atoms with van der Waals surface area (Å²) in [6, 6.07) is 7.13. The monoisotopic (exact) mass is 301 g/mol. The van der Waals surface area contributed by atoms with Crippen LogP contribution in [0.2, 0.25) is 0 Å². The molecule has 1 unspecified atom stereocenters. The van der Waals surface area contributed by atoms with Crippen molar-refractivity contribution < 1.29 is 22.0 Å². The van der Waals surface area contributed by atoms with Crippen LogP contribution in [0, 0.1) is 11.6 Å². The normalized spacial score (nSPS) is 13.0. The summed E-state index contributed by atoms with van der Waals surface area (Å²) >= 11 is 0. The molecule has 0 aliphatic carbocycles. The molecule has 1 atom stereocenters. The van der Waals surface area contributed by atoms with Crippen LogP contribution in [0.15, 0.2) is 42.5 Å². The smallest absolute Gasteiger partial charge is 0.376 e. The van der Waals surface area contributed by atoms with Gasteiger partial charge < -0.3 is 5.32 Å². The van der Waals surface area contributed by atoms with Crippen molar-refractivity contribution in [2.24, 2.45) is 0 Å². The molecule has 0 saturated heterocycles. The third-order valence-corrected chi connectivity index (χ3v) is 3.04. The Bertz CT molecular complexity index is 619. The number of halogens is 5. The fourth-order valence-electron chi connectivity index (χ4n) is 1.88. The molecule has 0 saturated carbocycles. The van der Waals surface area contributed by atoms with E-state index >= 15 is 0 Å². The Morgan fingerprint density at radius 1 is 0.952 bits per heavy atom. The molecule has 2 aromatic rings. The highest BCUT2D eigenvalue weighted by molar-refractivity contribution is 5.49. The topological polar surface area (TPSA) is 12.0 Å². The molecule has 0 amide bonds. The van der Waals surface area contributed by atoms with E-state index in [0.717, 1.165) is 12.1 Å². The SMILES string of the molecule is CC(Nc1cc(C(F)(F)F)ccc1F)c1ccc(F)cc1. The maximum atomic E-state index is 13.6. The van der Waals surface area contributed by atoms with Crippen LogP contribution in [-0.2, 0) is 6.18 Å². The molecule has 0 radical (unpaired) electrons. The molecule has 0 aliphatic heterocycles. The van der Waals surface area contributed by atoms with Crippen LogP contribution in [0.3, 0.4) is 0 Å². The summed E-state index contributed by atoms with van der Waals surface area (Å²) in [4.78, 5) is 0. The van der Waals surface area contributed by atoms with Gasteiger partial charge in [0.2, 0.25) is 0 Å². The number of hydrogen-bond acceptors (Lipinski definition) is 1. The molecule has 1 nitrogen and oxygen atoms in total. The molecule has 6 heteroatoms. The summed E-state index contributed by atoms with van der Waals surface area (Å²) in [5.74, 6) is -1.20. The number of alkyl halides is 3. The molecule has 1 N–H and O–H groups in total. The van der Waals surface area contributed by atoms with Crippen molar-refractivity contribution >= 4 is 5.69 Å². The van der Waals surface area contributed by atoms with Gasteiger partial charge >= 0.3 is 6.18 Å². The predicted molar refractivity (Wildman–Crippen MR) is 69.8 cm³/mol. The Balaban J connectivity index is 2.24. The number of hydrogen-bond donors (Lipinski definition) is 1. The number of rotatable bonds is 3. The maximum Gasteiger partial charge on any atom is 0.416 e. The lowest BCUT2D eigenvalue weighted by Gasteiger charge is -2.17. The molecule has 0 aromatic heterocycles. The Labute approximate surface area is 118 Å². The van der Waals surface area contributed by atoms with Crippen molar-refractivity contribution in [3.63, 3.8) is 0 Å². The average Bonchev–Trinajstić information content (AvgIpc) is 2.40. The summed E-state index contributed by atoms with van der Waals surface area (Å²) in [6.45, 7) is 1.65. The van der Waals surface area contributed by atoms with Gasteiger partial charge in [0.1, 0.15) is 11.6 Å². The first kappa shape index (κ1) is 15.3. The quantitative estimate of drug-likeness (QED) is 0.772. The summed E-state index contributed by atoms with van der Waals surface area (Å²) in [5.41, 5.74) is -0.549. The van der Waals surface area contributed by atoms with Crippen LogP contribution in [0.5, 0.6) is 0 Å². The van der Waals surface area contributed by atoms with Gasteiger partial charge in [-0.15, -0.1) is 0 Å². The first-order chi connectivity index (χ1) is 9.77. The molecule has 2 aromatic carbocycles. The van der Waals surface area contributed by atoms with E-state index in [9.17, 15) is 22.0 Å². The molecular formula is C15H12F5N. The summed E-state index contributed by atoms with van der Waals surface area (Å²) in [6.07, 6.45) is -4.54. The predicted octanol–water partition coefficient (Wildman–Crippen LogP) is 5.16. The summed E-state index contributed by atoms with van der Waals surface area (Å²) < 4.78 is 64.3. The molecule has 0 fully saturated rings. The van der Waals surface area contributed by atoms with E-state index in [1.807, 2.05) is 0 Å². The molecule has 0 bridgehead atoms. The zero-order valence-electron chi connectivity index (χ0n) is 11.0. The summed E-state index contributed by atoms with van der Waals surface area (Å²) in [5, 5.41) is 2.66. The lowest BCUT2D eigenvalue weighted by molar-refractivity contribution is -0.137. The zero-order chi connectivity index (χ0) is 15.6. The first-order valence-corrected chi connectivity index (χ1v) is 6.16. The van der Waals surface area contributed by atoms with Crippen LogP contribution in [0.25, 0.3) is 0 Å². The fraction of sp³-hybridized carbons (Fsp3) is 0.200. The van der Waals surface area contributed by atoms with Crippen molar-refractivity contribution in [3.8, 4) is 0 Å². The van der Waals surface area contributed by atoms with Gasteiger partial charge in [-0.25, -0.2) is 8.78 Å². The highest BCUT2D eigenvalue weighted by Gasteiger charge is 2.31. The second-order valence-electron chi connectivity index (χ2n) is 4.61. The van der Waals surface area contributed by atoms with Crippen molar-refractivity contribution in [2.45, 2.75) is 19.1 Å². The van der Waals surface area contributed by atoms with E-state index in [4.69, 9.17) is 0 Å². The van der Waals surface area contributed by atoms with E-state index in [-0.39, 0.29) is 5.69 Å². The number of benzene rings is 2. The molecule has 0 aliphatic rings. The van der Waals surface area contributed by atoms with E-state index in [0.29, 0.717) is 11.6 Å². The minimum Gasteiger partial charge on any atom is -0.376 e. The number of nitrogens with one attached hydrogen (secondary N) is 1. The van der Waals surface area contributed by atoms with Crippen LogP contribution in [0.1, 0.15) is 24.1 Å².